The first-order chi connectivity index (χ1) is 11.9. The number of hydrogen-bond acceptors (Lipinski definition) is 5. The third-order valence-corrected chi connectivity index (χ3v) is 6.14. The molecule has 0 N–H and O–H groups in total. The third-order valence-electron chi connectivity index (χ3n) is 3.55. The van der Waals surface area contributed by atoms with Gasteiger partial charge in [-0.3, -0.25) is 0 Å². The minimum atomic E-state index is -3.42. The number of rotatable bonds is 5. The molecule has 3 aromatic rings. The van der Waals surface area contributed by atoms with Gasteiger partial charge in [0.25, 0.3) is 0 Å². The van der Waals surface area contributed by atoms with E-state index in [0.29, 0.717) is 16.4 Å². The second kappa shape index (κ2) is 7.37. The molecule has 3 rings (SSSR count). The Labute approximate surface area is 152 Å². The fraction of sp³-hybridized carbons (Fsp3) is 0.158. The van der Waals surface area contributed by atoms with Crippen molar-refractivity contribution in [1.82, 2.24) is 9.97 Å². The maximum absolute atomic E-state index is 12.6. The minimum Gasteiger partial charge on any atom is -0.237 e. The Hall–Kier alpha value is -2.18. The predicted octanol–water partition coefficient (Wildman–Crippen LogP) is 4.22. The maximum atomic E-state index is 12.6. The molecule has 2 aromatic carbocycles. The first-order valence-electron chi connectivity index (χ1n) is 7.79. The lowest BCUT2D eigenvalue weighted by Gasteiger charge is -2.07. The van der Waals surface area contributed by atoms with Crippen LogP contribution in [0.25, 0.3) is 0 Å². The summed E-state index contributed by atoms with van der Waals surface area (Å²) < 4.78 is 25.1. The van der Waals surface area contributed by atoms with E-state index in [-0.39, 0.29) is 5.75 Å². The molecule has 0 aliphatic heterocycles. The van der Waals surface area contributed by atoms with Crippen molar-refractivity contribution >= 4 is 21.6 Å². The first-order valence-corrected chi connectivity index (χ1v) is 10.3. The van der Waals surface area contributed by atoms with Gasteiger partial charge in [0.05, 0.1) is 16.3 Å². The highest BCUT2D eigenvalue weighted by Gasteiger charge is 2.17. The average molecular weight is 370 g/mol. The lowest BCUT2D eigenvalue weighted by molar-refractivity contribution is 0.594. The quantitative estimate of drug-likeness (QED) is 0.629. The van der Waals surface area contributed by atoms with Gasteiger partial charge < -0.3 is 0 Å². The number of aromatic nitrogens is 2. The molecule has 1 aromatic heterocycles. The van der Waals surface area contributed by atoms with E-state index in [1.165, 1.54) is 17.3 Å². The van der Waals surface area contributed by atoms with Crippen LogP contribution in [0.4, 0.5) is 0 Å². The van der Waals surface area contributed by atoms with E-state index < -0.39 is 9.84 Å². The molecule has 0 aliphatic rings. The summed E-state index contributed by atoms with van der Waals surface area (Å²) in [6, 6.07) is 18.3. The third kappa shape index (κ3) is 4.67. The van der Waals surface area contributed by atoms with Gasteiger partial charge >= 0.3 is 0 Å². The summed E-state index contributed by atoms with van der Waals surface area (Å²) in [5.74, 6) is 0.428. The van der Waals surface area contributed by atoms with Crippen LogP contribution in [-0.4, -0.2) is 18.4 Å². The van der Waals surface area contributed by atoms with E-state index in [1.54, 1.807) is 43.3 Å². The Bertz CT molecular complexity index is 970. The van der Waals surface area contributed by atoms with Crippen molar-refractivity contribution in [2.75, 3.05) is 0 Å². The van der Waals surface area contributed by atoms with Crippen molar-refractivity contribution < 1.29 is 8.42 Å². The summed E-state index contributed by atoms with van der Waals surface area (Å²) in [4.78, 5) is 10.1. The fourth-order valence-corrected chi connectivity index (χ4v) is 4.52. The van der Waals surface area contributed by atoms with E-state index in [1.807, 2.05) is 31.2 Å². The van der Waals surface area contributed by atoms with Gasteiger partial charge in [-0.1, -0.05) is 47.7 Å². The van der Waals surface area contributed by atoms with Crippen LogP contribution in [0.2, 0.25) is 0 Å². The Kier molecular flexibility index (Phi) is 5.20. The molecule has 25 heavy (non-hydrogen) atoms. The lowest BCUT2D eigenvalue weighted by Crippen LogP contribution is -2.07. The molecule has 0 radical (unpaired) electrons. The zero-order valence-electron chi connectivity index (χ0n) is 14.0. The van der Waals surface area contributed by atoms with E-state index in [9.17, 15) is 8.42 Å². The van der Waals surface area contributed by atoms with Crippen LogP contribution in [0, 0.1) is 13.8 Å². The molecule has 0 saturated carbocycles. The van der Waals surface area contributed by atoms with Crippen molar-refractivity contribution in [2.24, 2.45) is 0 Å². The monoisotopic (exact) mass is 370 g/mol. The minimum absolute atomic E-state index is 0.137. The largest absolute Gasteiger partial charge is 0.237 e. The molecule has 0 spiro atoms. The molecule has 4 nitrogen and oxygen atoms in total. The highest BCUT2D eigenvalue weighted by atomic mass is 32.2. The van der Waals surface area contributed by atoms with Crippen molar-refractivity contribution in [2.45, 2.75) is 34.4 Å². The van der Waals surface area contributed by atoms with Crippen molar-refractivity contribution in [3.8, 4) is 0 Å². The SMILES string of the molecule is Cc1ccc(Sc2cc(CS(=O)(=O)c3ccccc3)nc(C)n2)cc1. The summed E-state index contributed by atoms with van der Waals surface area (Å²) in [7, 11) is -3.42. The van der Waals surface area contributed by atoms with E-state index in [2.05, 4.69) is 9.97 Å². The molecule has 6 heteroatoms. The van der Waals surface area contributed by atoms with Crippen LogP contribution in [0.3, 0.4) is 0 Å². The first kappa shape index (κ1) is 17.6. The van der Waals surface area contributed by atoms with Gasteiger partial charge in [0.2, 0.25) is 0 Å². The van der Waals surface area contributed by atoms with Crippen LogP contribution >= 0.6 is 11.8 Å². The highest BCUT2D eigenvalue weighted by Crippen LogP contribution is 2.27. The molecule has 0 atom stereocenters. The van der Waals surface area contributed by atoms with Gasteiger partial charge in [-0.15, -0.1) is 0 Å². The number of sulfone groups is 1. The number of hydrogen-bond donors (Lipinski definition) is 0. The van der Waals surface area contributed by atoms with Crippen LogP contribution in [0.5, 0.6) is 0 Å². The fourth-order valence-electron chi connectivity index (χ4n) is 2.36. The van der Waals surface area contributed by atoms with E-state index in [0.717, 1.165) is 9.92 Å². The average Bonchev–Trinajstić information content (AvgIpc) is 2.57. The molecule has 0 fully saturated rings. The number of aryl methyl sites for hydroxylation is 2. The van der Waals surface area contributed by atoms with Crippen LogP contribution in [0.1, 0.15) is 17.1 Å². The number of benzene rings is 2. The summed E-state index contributed by atoms with van der Waals surface area (Å²) in [5, 5.41) is 0.745. The molecule has 0 saturated heterocycles. The van der Waals surface area contributed by atoms with Gasteiger partial charge in [-0.2, -0.15) is 0 Å². The number of nitrogens with zero attached hydrogens (tertiary/aromatic N) is 2. The summed E-state index contributed by atoms with van der Waals surface area (Å²) >= 11 is 1.50. The molecule has 0 bridgehead atoms. The molecule has 0 amide bonds. The van der Waals surface area contributed by atoms with Gasteiger partial charge in [-0.25, -0.2) is 18.4 Å². The summed E-state index contributed by atoms with van der Waals surface area (Å²) in [5.41, 5.74) is 1.70. The lowest BCUT2D eigenvalue weighted by atomic mass is 10.2. The Balaban J connectivity index is 1.85. The Morgan fingerprint density at radius 3 is 2.28 bits per heavy atom. The molecular weight excluding hydrogens is 352 g/mol. The molecular formula is C19H18N2O2S2. The molecule has 1 heterocycles. The normalized spacial score (nSPS) is 11.4. The van der Waals surface area contributed by atoms with E-state index >= 15 is 0 Å². The molecule has 128 valence electrons. The van der Waals surface area contributed by atoms with Crippen LogP contribution in [-0.2, 0) is 15.6 Å². The van der Waals surface area contributed by atoms with Crippen molar-refractivity contribution in [1.29, 1.82) is 0 Å². The summed E-state index contributed by atoms with van der Waals surface area (Å²) in [6.45, 7) is 3.81. The van der Waals surface area contributed by atoms with Crippen molar-refractivity contribution in [3.05, 3.63) is 77.7 Å². The highest BCUT2D eigenvalue weighted by molar-refractivity contribution is 7.99. The second-order valence-corrected chi connectivity index (χ2v) is 8.82. The summed E-state index contributed by atoms with van der Waals surface area (Å²) in [6.07, 6.45) is 0. The zero-order chi connectivity index (χ0) is 17.9. The van der Waals surface area contributed by atoms with Gasteiger partial charge in [-0.05, 0) is 44.2 Å². The van der Waals surface area contributed by atoms with Crippen LogP contribution in [0.15, 0.2) is 75.5 Å². The maximum Gasteiger partial charge on any atom is 0.184 e. The Morgan fingerprint density at radius 1 is 0.920 bits per heavy atom. The topological polar surface area (TPSA) is 59.9 Å². The standard InChI is InChI=1S/C19H18N2O2S2/c1-14-8-10-17(11-9-14)24-19-12-16(20-15(2)21-19)13-25(22,23)18-6-4-3-5-7-18/h3-12H,13H2,1-2H3. The Morgan fingerprint density at radius 2 is 1.60 bits per heavy atom. The van der Waals surface area contributed by atoms with Crippen LogP contribution < -0.4 is 0 Å². The molecule has 0 aliphatic carbocycles. The second-order valence-electron chi connectivity index (χ2n) is 5.73. The van der Waals surface area contributed by atoms with Gasteiger partial charge in [0.1, 0.15) is 10.9 Å². The van der Waals surface area contributed by atoms with Gasteiger partial charge in [0.15, 0.2) is 9.84 Å². The van der Waals surface area contributed by atoms with Crippen molar-refractivity contribution in [3.63, 3.8) is 0 Å². The van der Waals surface area contributed by atoms with Gasteiger partial charge in [0, 0.05) is 4.90 Å². The zero-order valence-corrected chi connectivity index (χ0v) is 15.6. The predicted molar refractivity (Wildman–Crippen MR) is 99.4 cm³/mol. The molecule has 0 unspecified atom stereocenters. The van der Waals surface area contributed by atoms with E-state index in [4.69, 9.17) is 0 Å². The smallest absolute Gasteiger partial charge is 0.184 e.